The Morgan fingerprint density at radius 2 is 2.00 bits per heavy atom. The number of fused-ring (bicyclic) bond motifs is 1. The lowest BCUT2D eigenvalue weighted by Gasteiger charge is -2.25. The fraction of sp³-hybridized carbons (Fsp3) is 0.450. The average Bonchev–Trinajstić information content (AvgIpc) is 3.30. The number of benzene rings is 1. The molecule has 8 nitrogen and oxygen atoms in total. The summed E-state index contributed by atoms with van der Waals surface area (Å²) in [4.78, 5) is 9.02. The average molecular weight is 415 g/mol. The van der Waals surface area contributed by atoms with Gasteiger partial charge in [-0.1, -0.05) is 6.07 Å². The number of aromatic nitrogens is 4. The summed E-state index contributed by atoms with van der Waals surface area (Å²) in [7, 11) is -3.15. The van der Waals surface area contributed by atoms with Crippen LogP contribution in [-0.2, 0) is 15.4 Å². The van der Waals surface area contributed by atoms with E-state index < -0.39 is 15.4 Å². The summed E-state index contributed by atoms with van der Waals surface area (Å²) in [6.07, 6.45) is 7.15. The van der Waals surface area contributed by atoms with Crippen molar-refractivity contribution in [3.8, 4) is 0 Å². The quantitative estimate of drug-likeness (QED) is 0.612. The first-order valence-corrected chi connectivity index (χ1v) is 11.7. The van der Waals surface area contributed by atoms with Gasteiger partial charge in [-0.15, -0.1) is 0 Å². The summed E-state index contributed by atoms with van der Waals surface area (Å²) in [5, 5.41) is 12.1. The van der Waals surface area contributed by atoms with Crippen molar-refractivity contribution >= 4 is 38.2 Å². The van der Waals surface area contributed by atoms with Crippen LogP contribution in [0.25, 0.3) is 10.9 Å². The Kier molecular flexibility index (Phi) is 4.72. The first-order chi connectivity index (χ1) is 13.6. The predicted octanol–water partition coefficient (Wildman–Crippen LogP) is 3.23. The highest BCUT2D eigenvalue weighted by Gasteiger charge is 2.28. The molecule has 1 aromatic carbocycles. The van der Waals surface area contributed by atoms with E-state index in [4.69, 9.17) is 0 Å². The number of sulfone groups is 1. The van der Waals surface area contributed by atoms with Crippen molar-refractivity contribution in [1.82, 2.24) is 19.7 Å². The third kappa shape index (κ3) is 4.34. The number of aryl methyl sites for hydroxylation is 1. The molecule has 2 N–H and O–H groups in total. The Morgan fingerprint density at radius 3 is 2.69 bits per heavy atom. The SMILES string of the molecule is Cc1cnc(Nc2cccc3c2cnn3C(C)(C)CS(C)(=O)=O)nc1NC1CC1. The molecule has 0 radical (unpaired) electrons. The van der Waals surface area contributed by atoms with Crippen LogP contribution in [-0.4, -0.2) is 46.2 Å². The zero-order valence-electron chi connectivity index (χ0n) is 17.1. The van der Waals surface area contributed by atoms with Gasteiger partial charge in [-0.2, -0.15) is 10.1 Å². The van der Waals surface area contributed by atoms with E-state index in [1.165, 1.54) is 19.1 Å². The molecule has 0 atom stereocenters. The second kappa shape index (κ2) is 6.98. The molecule has 0 spiro atoms. The van der Waals surface area contributed by atoms with Crippen molar-refractivity contribution in [3.63, 3.8) is 0 Å². The largest absolute Gasteiger partial charge is 0.367 e. The van der Waals surface area contributed by atoms with E-state index in [1.807, 2.05) is 39.0 Å². The fourth-order valence-electron chi connectivity index (χ4n) is 3.54. The molecule has 3 aromatic rings. The standard InChI is InChI=1S/C20H26N6O2S/c1-13-10-21-19(25-18(13)23-14-8-9-14)24-16-6-5-7-17-15(16)11-22-26(17)20(2,3)12-29(4,27)28/h5-7,10-11,14H,8-9,12H2,1-4H3,(H2,21,23,24,25). The summed E-state index contributed by atoms with van der Waals surface area (Å²) in [6, 6.07) is 6.30. The smallest absolute Gasteiger partial charge is 0.229 e. The van der Waals surface area contributed by atoms with Crippen LogP contribution in [0.2, 0.25) is 0 Å². The minimum absolute atomic E-state index is 0.00566. The maximum Gasteiger partial charge on any atom is 0.229 e. The molecular weight excluding hydrogens is 388 g/mol. The molecule has 29 heavy (non-hydrogen) atoms. The summed E-state index contributed by atoms with van der Waals surface area (Å²) in [5.41, 5.74) is 2.02. The number of rotatable bonds is 7. The second-order valence-electron chi connectivity index (χ2n) is 8.45. The zero-order chi connectivity index (χ0) is 20.8. The maximum absolute atomic E-state index is 11.9. The molecule has 0 saturated heterocycles. The van der Waals surface area contributed by atoms with Crippen molar-refractivity contribution in [2.75, 3.05) is 22.6 Å². The minimum Gasteiger partial charge on any atom is -0.367 e. The van der Waals surface area contributed by atoms with Gasteiger partial charge in [-0.05, 0) is 45.7 Å². The van der Waals surface area contributed by atoms with E-state index in [0.29, 0.717) is 12.0 Å². The van der Waals surface area contributed by atoms with Gasteiger partial charge in [0.15, 0.2) is 0 Å². The van der Waals surface area contributed by atoms with Crippen molar-refractivity contribution in [2.45, 2.75) is 45.2 Å². The number of hydrogen-bond donors (Lipinski definition) is 2. The fourth-order valence-corrected chi connectivity index (χ4v) is 4.94. The van der Waals surface area contributed by atoms with Crippen LogP contribution >= 0.6 is 0 Å². The molecule has 1 aliphatic carbocycles. The van der Waals surface area contributed by atoms with Crippen molar-refractivity contribution in [3.05, 3.63) is 36.2 Å². The maximum atomic E-state index is 11.9. The van der Waals surface area contributed by atoms with E-state index in [0.717, 1.165) is 28.0 Å². The van der Waals surface area contributed by atoms with Crippen LogP contribution in [0.3, 0.4) is 0 Å². The molecular formula is C20H26N6O2S. The van der Waals surface area contributed by atoms with Gasteiger partial charge in [-0.3, -0.25) is 4.68 Å². The molecule has 0 unspecified atom stereocenters. The van der Waals surface area contributed by atoms with Gasteiger partial charge in [0, 0.05) is 29.4 Å². The lowest BCUT2D eigenvalue weighted by molar-refractivity contribution is 0.369. The lowest BCUT2D eigenvalue weighted by Crippen LogP contribution is -2.35. The molecule has 2 aromatic heterocycles. The van der Waals surface area contributed by atoms with E-state index in [2.05, 4.69) is 25.7 Å². The summed E-state index contributed by atoms with van der Waals surface area (Å²) >= 11 is 0. The summed E-state index contributed by atoms with van der Waals surface area (Å²) in [5.74, 6) is 1.36. The molecule has 9 heteroatoms. The molecule has 154 valence electrons. The highest BCUT2D eigenvalue weighted by atomic mass is 32.2. The highest BCUT2D eigenvalue weighted by Crippen LogP contribution is 2.30. The van der Waals surface area contributed by atoms with Gasteiger partial charge in [0.1, 0.15) is 15.7 Å². The molecule has 1 aliphatic rings. The predicted molar refractivity (Wildman–Crippen MR) is 115 cm³/mol. The number of anilines is 3. The van der Waals surface area contributed by atoms with Gasteiger partial charge in [0.25, 0.3) is 0 Å². The Labute approximate surface area is 170 Å². The van der Waals surface area contributed by atoms with Gasteiger partial charge >= 0.3 is 0 Å². The van der Waals surface area contributed by atoms with Crippen LogP contribution in [0.5, 0.6) is 0 Å². The molecule has 0 bridgehead atoms. The van der Waals surface area contributed by atoms with Crippen LogP contribution in [0, 0.1) is 6.92 Å². The van der Waals surface area contributed by atoms with Gasteiger partial charge in [-0.25, -0.2) is 13.4 Å². The normalized spacial score (nSPS) is 14.9. The lowest BCUT2D eigenvalue weighted by atomic mass is 10.1. The third-order valence-corrected chi connectivity index (χ3v) is 6.17. The second-order valence-corrected chi connectivity index (χ2v) is 10.6. The number of hydrogen-bond acceptors (Lipinski definition) is 7. The summed E-state index contributed by atoms with van der Waals surface area (Å²) in [6.45, 7) is 5.74. The molecule has 2 heterocycles. The summed E-state index contributed by atoms with van der Waals surface area (Å²) < 4.78 is 25.5. The van der Waals surface area contributed by atoms with Crippen LogP contribution in [0.15, 0.2) is 30.6 Å². The van der Waals surface area contributed by atoms with Crippen molar-refractivity contribution in [2.24, 2.45) is 0 Å². The van der Waals surface area contributed by atoms with Crippen LogP contribution in [0.1, 0.15) is 32.3 Å². The monoisotopic (exact) mass is 414 g/mol. The molecule has 1 fully saturated rings. The van der Waals surface area contributed by atoms with Crippen LogP contribution in [0.4, 0.5) is 17.5 Å². The van der Waals surface area contributed by atoms with Crippen molar-refractivity contribution < 1.29 is 8.42 Å². The Balaban J connectivity index is 1.67. The van der Waals surface area contributed by atoms with Gasteiger partial charge < -0.3 is 10.6 Å². The first kappa shape index (κ1) is 19.6. The Morgan fingerprint density at radius 1 is 1.24 bits per heavy atom. The molecule has 0 aliphatic heterocycles. The van der Waals surface area contributed by atoms with E-state index in [1.54, 1.807) is 17.1 Å². The van der Waals surface area contributed by atoms with Gasteiger partial charge in [0.05, 0.1) is 28.7 Å². The first-order valence-electron chi connectivity index (χ1n) is 9.64. The molecule has 0 amide bonds. The van der Waals surface area contributed by atoms with E-state index in [9.17, 15) is 8.42 Å². The number of nitrogens with one attached hydrogen (secondary N) is 2. The Bertz CT molecular complexity index is 1160. The third-order valence-electron chi connectivity index (χ3n) is 4.94. The minimum atomic E-state index is -3.15. The number of nitrogens with zero attached hydrogens (tertiary/aromatic N) is 4. The highest BCUT2D eigenvalue weighted by molar-refractivity contribution is 7.90. The topological polar surface area (TPSA) is 102 Å². The van der Waals surface area contributed by atoms with E-state index in [-0.39, 0.29) is 5.75 Å². The zero-order valence-corrected chi connectivity index (χ0v) is 17.9. The Hall–Kier alpha value is -2.68. The molecule has 4 rings (SSSR count). The molecule has 1 saturated carbocycles. The van der Waals surface area contributed by atoms with E-state index >= 15 is 0 Å². The van der Waals surface area contributed by atoms with Crippen LogP contribution < -0.4 is 10.6 Å². The van der Waals surface area contributed by atoms with Gasteiger partial charge in [0.2, 0.25) is 5.95 Å². The van der Waals surface area contributed by atoms with Crippen molar-refractivity contribution in [1.29, 1.82) is 0 Å².